The number of pyridine rings is 2. The van der Waals surface area contributed by atoms with E-state index in [0.717, 1.165) is 11.9 Å². The monoisotopic (exact) mass is 825 g/mol. The summed E-state index contributed by atoms with van der Waals surface area (Å²) in [7, 11) is 0. The Hall–Kier alpha value is -6.98. The Kier molecular flexibility index (Phi) is 13.4. The lowest BCUT2D eigenvalue weighted by Crippen LogP contribution is -2.09. The van der Waals surface area contributed by atoms with Gasteiger partial charge in [0.2, 0.25) is 0 Å². The zero-order chi connectivity index (χ0) is 43.7. The normalized spacial score (nSPS) is 12.6. The number of aromatic nitrogens is 4. The van der Waals surface area contributed by atoms with Crippen LogP contribution in [0.4, 0.5) is 17.1 Å². The number of benzene rings is 6. The van der Waals surface area contributed by atoms with E-state index in [0.29, 0.717) is 17.9 Å². The maximum absolute atomic E-state index is 4.33. The van der Waals surface area contributed by atoms with Gasteiger partial charge in [-0.3, -0.25) is 9.97 Å². The Morgan fingerprint density at radius 2 is 0.873 bits per heavy atom. The second kappa shape index (κ2) is 19.8. The van der Waals surface area contributed by atoms with E-state index in [-0.39, 0.29) is 0 Å². The average Bonchev–Trinajstić information content (AvgIpc) is 3.88. The Bertz CT molecular complexity index is 2860. The minimum absolute atomic E-state index is 0.514. The average molecular weight is 826 g/mol. The Balaban J connectivity index is 0.000000131. The number of fused-ring (bicyclic) bond motifs is 6. The minimum Gasteiger partial charge on any atom is -0.338 e. The molecule has 4 heterocycles. The second-order valence-corrected chi connectivity index (χ2v) is 16.6. The van der Waals surface area contributed by atoms with E-state index in [4.69, 9.17) is 0 Å². The summed E-state index contributed by atoms with van der Waals surface area (Å²) in [4.78, 5) is 10.9. The molecule has 10 rings (SSSR count). The SMILES string of the molecule is CCC(C)c1ccc(-n2c3ccccc3c3ccncc32)cc1.CCC(C)c1ccc(N(c2ccccc2)c2ccccc2)cc1.CCC(C)n1c2ccccc2c2cnccc21. The van der Waals surface area contributed by atoms with Crippen molar-refractivity contribution in [3.63, 3.8) is 0 Å². The van der Waals surface area contributed by atoms with Gasteiger partial charge < -0.3 is 14.0 Å². The largest absolute Gasteiger partial charge is 0.338 e. The molecule has 0 amide bonds. The summed E-state index contributed by atoms with van der Waals surface area (Å²) in [6, 6.07) is 60.8. The van der Waals surface area contributed by atoms with Crippen LogP contribution in [-0.4, -0.2) is 19.1 Å². The first kappa shape index (κ1) is 42.7. The standard InChI is InChI=1S/C22H23N.C21H20N2.C15H16N2/c1-3-18(2)19-14-16-22(17-15-19)23(20-10-6-4-7-11-20)21-12-8-5-9-13-21;1-3-15(2)16-8-10-17(11-9-16)23-20-7-5-4-6-18(20)19-12-13-22-14-21(19)23;1-3-11(2)17-14-7-5-4-6-12(14)13-10-16-9-8-15(13)17/h4-18H,3H2,1-2H3;4-15H,3H2,1-2H3;4-11H,3H2,1-2H3. The topological polar surface area (TPSA) is 38.9 Å². The van der Waals surface area contributed by atoms with Crippen molar-refractivity contribution < 1.29 is 0 Å². The van der Waals surface area contributed by atoms with E-state index in [1.807, 2.05) is 24.8 Å². The van der Waals surface area contributed by atoms with Crippen LogP contribution in [-0.2, 0) is 0 Å². The van der Waals surface area contributed by atoms with Gasteiger partial charge >= 0.3 is 0 Å². The molecule has 0 radical (unpaired) electrons. The lowest BCUT2D eigenvalue weighted by Gasteiger charge is -2.25. The van der Waals surface area contributed by atoms with Crippen molar-refractivity contribution in [3.8, 4) is 5.69 Å². The summed E-state index contributed by atoms with van der Waals surface area (Å²) in [5, 5.41) is 5.08. The van der Waals surface area contributed by atoms with Gasteiger partial charge in [-0.25, -0.2) is 0 Å². The van der Waals surface area contributed by atoms with Crippen molar-refractivity contribution in [1.82, 2.24) is 19.1 Å². The highest BCUT2D eigenvalue weighted by Crippen LogP contribution is 2.36. The molecule has 316 valence electrons. The molecule has 3 atom stereocenters. The first-order valence-corrected chi connectivity index (χ1v) is 22.7. The summed E-state index contributed by atoms with van der Waals surface area (Å²) >= 11 is 0. The highest BCUT2D eigenvalue weighted by Gasteiger charge is 2.15. The number of hydrogen-bond acceptors (Lipinski definition) is 3. The fourth-order valence-corrected chi connectivity index (χ4v) is 8.58. The maximum atomic E-state index is 4.33. The number of nitrogens with zero attached hydrogens (tertiary/aromatic N) is 5. The molecule has 0 aliphatic heterocycles. The maximum Gasteiger partial charge on any atom is 0.0724 e. The van der Waals surface area contributed by atoms with Crippen molar-refractivity contribution in [2.24, 2.45) is 0 Å². The molecule has 3 unspecified atom stereocenters. The lowest BCUT2D eigenvalue weighted by atomic mass is 9.98. The summed E-state index contributed by atoms with van der Waals surface area (Å²) in [5.74, 6) is 1.20. The van der Waals surface area contributed by atoms with Gasteiger partial charge in [0.05, 0.1) is 22.7 Å². The van der Waals surface area contributed by atoms with E-state index < -0.39 is 0 Å². The molecule has 0 spiro atoms. The van der Waals surface area contributed by atoms with Gasteiger partial charge in [-0.15, -0.1) is 0 Å². The zero-order valence-electron chi connectivity index (χ0n) is 37.6. The quantitative estimate of drug-likeness (QED) is 0.138. The molecule has 0 N–H and O–H groups in total. The Labute approximate surface area is 373 Å². The molecular formula is C58H59N5. The van der Waals surface area contributed by atoms with Gasteiger partial charge in [0, 0.05) is 74.4 Å². The first-order chi connectivity index (χ1) is 30.9. The molecule has 0 aliphatic carbocycles. The van der Waals surface area contributed by atoms with Gasteiger partial charge in [-0.1, -0.05) is 132 Å². The number of anilines is 3. The summed E-state index contributed by atoms with van der Waals surface area (Å²) in [5.41, 5.74) is 12.5. The third-order valence-corrected chi connectivity index (χ3v) is 12.7. The highest BCUT2D eigenvalue weighted by atomic mass is 15.1. The highest BCUT2D eigenvalue weighted by molar-refractivity contribution is 6.09. The van der Waals surface area contributed by atoms with Gasteiger partial charge in [-0.05, 0) is 122 Å². The molecule has 10 aromatic rings. The van der Waals surface area contributed by atoms with Crippen LogP contribution in [0.5, 0.6) is 0 Å². The molecule has 0 saturated heterocycles. The Morgan fingerprint density at radius 1 is 0.413 bits per heavy atom. The third kappa shape index (κ3) is 9.01. The van der Waals surface area contributed by atoms with Crippen LogP contribution in [0, 0.1) is 0 Å². The lowest BCUT2D eigenvalue weighted by molar-refractivity contribution is 0.563. The molecule has 6 aromatic carbocycles. The molecule has 5 heteroatoms. The molecule has 0 bridgehead atoms. The molecule has 0 saturated carbocycles. The molecule has 0 fully saturated rings. The Morgan fingerprint density at radius 3 is 1.46 bits per heavy atom. The van der Waals surface area contributed by atoms with Crippen molar-refractivity contribution in [3.05, 3.63) is 206 Å². The molecule has 0 aliphatic rings. The predicted molar refractivity (Wildman–Crippen MR) is 269 cm³/mol. The third-order valence-electron chi connectivity index (χ3n) is 12.7. The second-order valence-electron chi connectivity index (χ2n) is 16.6. The van der Waals surface area contributed by atoms with Crippen LogP contribution in [0.25, 0.3) is 49.3 Å². The van der Waals surface area contributed by atoms with Crippen LogP contribution < -0.4 is 4.90 Å². The molecule has 5 nitrogen and oxygen atoms in total. The smallest absolute Gasteiger partial charge is 0.0724 e. The van der Waals surface area contributed by atoms with Crippen LogP contribution >= 0.6 is 0 Å². The van der Waals surface area contributed by atoms with E-state index in [2.05, 4.69) is 235 Å². The van der Waals surface area contributed by atoms with Crippen molar-refractivity contribution in [2.45, 2.75) is 78.7 Å². The van der Waals surface area contributed by atoms with E-state index in [9.17, 15) is 0 Å². The van der Waals surface area contributed by atoms with E-state index >= 15 is 0 Å². The van der Waals surface area contributed by atoms with Crippen molar-refractivity contribution in [1.29, 1.82) is 0 Å². The van der Waals surface area contributed by atoms with Gasteiger partial charge in [-0.2, -0.15) is 0 Å². The predicted octanol–water partition coefficient (Wildman–Crippen LogP) is 16.5. The van der Waals surface area contributed by atoms with Gasteiger partial charge in [0.25, 0.3) is 0 Å². The van der Waals surface area contributed by atoms with Crippen LogP contribution in [0.2, 0.25) is 0 Å². The van der Waals surface area contributed by atoms with Crippen LogP contribution in [0.3, 0.4) is 0 Å². The molecule has 4 aromatic heterocycles. The fourth-order valence-electron chi connectivity index (χ4n) is 8.58. The van der Waals surface area contributed by atoms with Crippen LogP contribution in [0.15, 0.2) is 195 Å². The van der Waals surface area contributed by atoms with E-state index in [1.165, 1.54) is 84.8 Å². The van der Waals surface area contributed by atoms with Crippen LogP contribution in [0.1, 0.15) is 89.8 Å². The minimum atomic E-state index is 0.514. The number of para-hydroxylation sites is 4. The molecule has 63 heavy (non-hydrogen) atoms. The van der Waals surface area contributed by atoms with Crippen molar-refractivity contribution in [2.75, 3.05) is 4.90 Å². The zero-order valence-corrected chi connectivity index (χ0v) is 37.6. The number of rotatable bonds is 10. The first-order valence-electron chi connectivity index (χ1n) is 22.7. The number of hydrogen-bond donors (Lipinski definition) is 0. The molecular weight excluding hydrogens is 767 g/mol. The summed E-state index contributed by atoms with van der Waals surface area (Å²) in [6.45, 7) is 13.5. The fraction of sp³-hybridized carbons (Fsp3) is 0.207. The van der Waals surface area contributed by atoms with E-state index in [1.54, 1.807) is 0 Å². The van der Waals surface area contributed by atoms with Gasteiger partial charge in [0.15, 0.2) is 0 Å². The van der Waals surface area contributed by atoms with Crippen molar-refractivity contribution >= 4 is 60.7 Å². The van der Waals surface area contributed by atoms with Gasteiger partial charge in [0.1, 0.15) is 0 Å². The summed E-state index contributed by atoms with van der Waals surface area (Å²) < 4.78 is 4.73. The summed E-state index contributed by atoms with van der Waals surface area (Å²) in [6.07, 6.45) is 11.1.